The van der Waals surface area contributed by atoms with E-state index in [4.69, 9.17) is 5.11 Å². The van der Waals surface area contributed by atoms with Crippen LogP contribution >= 0.6 is 0 Å². The molecular formula is C12H15F2O2. The Balaban J connectivity index is 3.05. The Bertz CT molecular complexity index is 340. The van der Waals surface area contributed by atoms with Crippen LogP contribution in [0.5, 0.6) is 5.75 Å². The van der Waals surface area contributed by atoms with Crippen molar-refractivity contribution in [2.75, 3.05) is 6.61 Å². The minimum absolute atomic E-state index is 0.0845. The first-order chi connectivity index (χ1) is 7.58. The number of aliphatic hydroxyl groups is 1. The van der Waals surface area contributed by atoms with Crippen molar-refractivity contribution in [2.24, 2.45) is 0 Å². The fraction of sp³-hybridized carbons (Fsp3) is 0.417. The predicted octanol–water partition coefficient (Wildman–Crippen LogP) is 2.76. The third kappa shape index (κ3) is 3.17. The van der Waals surface area contributed by atoms with Crippen molar-refractivity contribution in [1.29, 1.82) is 0 Å². The highest BCUT2D eigenvalue weighted by Gasteiger charge is 2.14. The second kappa shape index (κ2) is 5.80. The second-order valence-corrected chi connectivity index (χ2v) is 3.48. The summed E-state index contributed by atoms with van der Waals surface area (Å²) in [5, 5.41) is 9.00. The Kier molecular flexibility index (Phi) is 4.68. The van der Waals surface area contributed by atoms with Crippen LogP contribution in [-0.4, -0.2) is 18.3 Å². The van der Waals surface area contributed by atoms with Crippen LogP contribution < -0.4 is 4.74 Å². The summed E-state index contributed by atoms with van der Waals surface area (Å²) in [4.78, 5) is 0. The first-order valence-electron chi connectivity index (χ1n) is 5.10. The van der Waals surface area contributed by atoms with Crippen LogP contribution in [0.25, 0.3) is 0 Å². The van der Waals surface area contributed by atoms with E-state index in [1.54, 1.807) is 12.1 Å². The Morgan fingerprint density at radius 1 is 1.44 bits per heavy atom. The fourth-order valence-electron chi connectivity index (χ4n) is 1.44. The Labute approximate surface area is 93.9 Å². The molecule has 0 fully saturated rings. The summed E-state index contributed by atoms with van der Waals surface area (Å²) < 4.78 is 28.7. The molecule has 0 aromatic heterocycles. The van der Waals surface area contributed by atoms with Gasteiger partial charge in [-0.2, -0.15) is 8.78 Å². The molecule has 89 valence electrons. The SMILES string of the molecule is [CH2]C(CO)c1cc(CC)ccc1OC(F)F. The molecule has 0 bridgehead atoms. The molecule has 2 nitrogen and oxygen atoms in total. The number of halogens is 2. The first kappa shape index (κ1) is 12.9. The van der Waals surface area contributed by atoms with Gasteiger partial charge in [-0.15, -0.1) is 0 Å². The molecule has 0 spiro atoms. The zero-order chi connectivity index (χ0) is 12.1. The molecule has 0 aliphatic heterocycles. The topological polar surface area (TPSA) is 29.5 Å². The molecule has 0 saturated carbocycles. The molecule has 1 aromatic rings. The van der Waals surface area contributed by atoms with Crippen LogP contribution in [0, 0.1) is 6.92 Å². The molecule has 1 radical (unpaired) electrons. The molecular weight excluding hydrogens is 214 g/mol. The monoisotopic (exact) mass is 229 g/mol. The summed E-state index contributed by atoms with van der Waals surface area (Å²) in [7, 11) is 0. The number of hydrogen-bond acceptors (Lipinski definition) is 2. The predicted molar refractivity (Wildman–Crippen MR) is 57.6 cm³/mol. The normalized spacial score (nSPS) is 12.9. The highest BCUT2D eigenvalue weighted by Crippen LogP contribution is 2.28. The standard InChI is InChI=1S/C12H15F2O2/c1-3-9-4-5-11(16-12(13)14)10(6-9)8(2)7-15/h4-6,8,12,15H,2-3,7H2,1H3. The van der Waals surface area contributed by atoms with Crippen molar-refractivity contribution in [3.8, 4) is 5.75 Å². The van der Waals surface area contributed by atoms with Gasteiger partial charge in [0.1, 0.15) is 5.75 Å². The van der Waals surface area contributed by atoms with Crippen LogP contribution in [0.2, 0.25) is 0 Å². The van der Waals surface area contributed by atoms with Gasteiger partial charge in [-0.1, -0.05) is 19.1 Å². The number of rotatable bonds is 5. The molecule has 1 unspecified atom stereocenters. The molecule has 0 heterocycles. The molecule has 0 aliphatic carbocycles. The van der Waals surface area contributed by atoms with Gasteiger partial charge in [0.25, 0.3) is 0 Å². The first-order valence-corrected chi connectivity index (χ1v) is 5.10. The van der Waals surface area contributed by atoms with Gasteiger partial charge in [0, 0.05) is 11.5 Å². The summed E-state index contributed by atoms with van der Waals surface area (Å²) >= 11 is 0. The number of aliphatic hydroxyl groups excluding tert-OH is 1. The highest BCUT2D eigenvalue weighted by atomic mass is 19.3. The van der Waals surface area contributed by atoms with Crippen LogP contribution in [-0.2, 0) is 6.42 Å². The molecule has 1 atom stereocenters. The van der Waals surface area contributed by atoms with Gasteiger partial charge in [-0.25, -0.2) is 0 Å². The lowest BCUT2D eigenvalue weighted by molar-refractivity contribution is -0.0506. The van der Waals surface area contributed by atoms with E-state index in [1.807, 2.05) is 6.92 Å². The lowest BCUT2D eigenvalue weighted by Crippen LogP contribution is -2.08. The van der Waals surface area contributed by atoms with Gasteiger partial charge < -0.3 is 9.84 Å². The smallest absolute Gasteiger partial charge is 0.387 e. The molecule has 1 N–H and O–H groups in total. The van der Waals surface area contributed by atoms with E-state index < -0.39 is 12.5 Å². The zero-order valence-corrected chi connectivity index (χ0v) is 9.12. The van der Waals surface area contributed by atoms with Crippen molar-refractivity contribution >= 4 is 0 Å². The van der Waals surface area contributed by atoms with Crippen LogP contribution in [0.15, 0.2) is 18.2 Å². The lowest BCUT2D eigenvalue weighted by atomic mass is 9.98. The Hall–Kier alpha value is -1.16. The summed E-state index contributed by atoms with van der Waals surface area (Å²) in [5.74, 6) is -0.374. The Morgan fingerprint density at radius 3 is 2.62 bits per heavy atom. The van der Waals surface area contributed by atoms with E-state index in [9.17, 15) is 8.78 Å². The van der Waals surface area contributed by atoms with Gasteiger partial charge >= 0.3 is 6.61 Å². The van der Waals surface area contributed by atoms with E-state index in [0.29, 0.717) is 5.56 Å². The van der Waals surface area contributed by atoms with Gasteiger partial charge in [-0.3, -0.25) is 0 Å². The van der Waals surface area contributed by atoms with Crippen molar-refractivity contribution in [1.82, 2.24) is 0 Å². The molecule has 16 heavy (non-hydrogen) atoms. The molecule has 0 aliphatic rings. The van der Waals surface area contributed by atoms with E-state index in [0.717, 1.165) is 12.0 Å². The number of aryl methyl sites for hydroxylation is 1. The van der Waals surface area contributed by atoms with Crippen molar-refractivity contribution in [3.63, 3.8) is 0 Å². The quantitative estimate of drug-likeness (QED) is 0.841. The summed E-state index contributed by atoms with van der Waals surface area (Å²) in [5.41, 5.74) is 1.51. The fourth-order valence-corrected chi connectivity index (χ4v) is 1.44. The van der Waals surface area contributed by atoms with E-state index in [-0.39, 0.29) is 12.4 Å². The van der Waals surface area contributed by atoms with Crippen molar-refractivity contribution in [3.05, 3.63) is 36.2 Å². The third-order valence-corrected chi connectivity index (χ3v) is 2.36. The van der Waals surface area contributed by atoms with E-state index >= 15 is 0 Å². The minimum atomic E-state index is -2.86. The van der Waals surface area contributed by atoms with Crippen LogP contribution in [0.4, 0.5) is 8.78 Å². The summed E-state index contributed by atoms with van der Waals surface area (Å²) in [6, 6.07) is 4.96. The van der Waals surface area contributed by atoms with Gasteiger partial charge in [0.05, 0.1) is 6.61 Å². The average molecular weight is 229 g/mol. The lowest BCUT2D eigenvalue weighted by Gasteiger charge is -2.15. The number of ether oxygens (including phenoxy) is 1. The maximum absolute atomic E-state index is 12.1. The minimum Gasteiger partial charge on any atom is -0.435 e. The molecule has 0 amide bonds. The zero-order valence-electron chi connectivity index (χ0n) is 9.12. The number of benzene rings is 1. The maximum atomic E-state index is 12.1. The number of alkyl halides is 2. The van der Waals surface area contributed by atoms with E-state index in [1.165, 1.54) is 6.07 Å². The van der Waals surface area contributed by atoms with Crippen molar-refractivity contribution in [2.45, 2.75) is 25.9 Å². The van der Waals surface area contributed by atoms with Crippen LogP contribution in [0.1, 0.15) is 24.0 Å². The van der Waals surface area contributed by atoms with Crippen LogP contribution in [0.3, 0.4) is 0 Å². The van der Waals surface area contributed by atoms with Crippen molar-refractivity contribution < 1.29 is 18.6 Å². The highest BCUT2D eigenvalue weighted by molar-refractivity contribution is 5.40. The van der Waals surface area contributed by atoms with Gasteiger partial charge in [0.2, 0.25) is 0 Å². The van der Waals surface area contributed by atoms with E-state index in [2.05, 4.69) is 11.7 Å². The largest absolute Gasteiger partial charge is 0.435 e. The molecule has 0 saturated heterocycles. The average Bonchev–Trinajstić information content (AvgIpc) is 2.28. The summed E-state index contributed by atoms with van der Waals surface area (Å²) in [6.07, 6.45) is 0.792. The number of hydrogen-bond donors (Lipinski definition) is 1. The molecule has 1 rings (SSSR count). The maximum Gasteiger partial charge on any atom is 0.387 e. The Morgan fingerprint density at radius 2 is 2.12 bits per heavy atom. The summed E-state index contributed by atoms with van der Waals surface area (Å²) in [6.45, 7) is 2.59. The second-order valence-electron chi connectivity index (χ2n) is 3.48. The third-order valence-electron chi connectivity index (χ3n) is 2.36. The van der Waals surface area contributed by atoms with Gasteiger partial charge in [0.15, 0.2) is 0 Å². The molecule has 1 aromatic carbocycles. The van der Waals surface area contributed by atoms with Gasteiger partial charge in [-0.05, 0) is 25.0 Å². The molecule has 4 heteroatoms.